The first-order valence-corrected chi connectivity index (χ1v) is 6.33. The average molecular weight is 260 g/mol. The van der Waals surface area contributed by atoms with Crippen molar-refractivity contribution in [3.05, 3.63) is 29.8 Å². The Morgan fingerprint density at radius 3 is 2.26 bits per heavy atom. The molecule has 0 spiro atoms. The predicted octanol–water partition coefficient (Wildman–Crippen LogP) is 2.67. The number of hydrogen-bond acceptors (Lipinski definition) is 3. The topological polar surface area (TPSA) is 62.1 Å². The van der Waals surface area contributed by atoms with Crippen LogP contribution in [0.3, 0.4) is 0 Å². The van der Waals surface area contributed by atoms with E-state index in [1.807, 2.05) is 51.1 Å². The Hall–Kier alpha value is -2.02. The summed E-state index contributed by atoms with van der Waals surface area (Å²) in [6, 6.07) is 9.42. The highest BCUT2D eigenvalue weighted by Crippen LogP contribution is 2.18. The highest BCUT2D eigenvalue weighted by Gasteiger charge is 2.23. The Morgan fingerprint density at radius 1 is 1.26 bits per heavy atom. The Balaban J connectivity index is 2.71. The summed E-state index contributed by atoms with van der Waals surface area (Å²) in [4.78, 5) is 12.0. The van der Waals surface area contributed by atoms with E-state index in [-0.39, 0.29) is 17.9 Å². The first-order valence-electron chi connectivity index (χ1n) is 6.33. The lowest BCUT2D eigenvalue weighted by Gasteiger charge is -2.18. The van der Waals surface area contributed by atoms with E-state index in [2.05, 4.69) is 5.32 Å². The third-order valence-corrected chi connectivity index (χ3v) is 3.06. The largest absolute Gasteiger partial charge is 0.497 e. The number of benzene rings is 1. The van der Waals surface area contributed by atoms with Gasteiger partial charge in [-0.3, -0.25) is 4.79 Å². The molecule has 2 unspecified atom stereocenters. The number of hydrogen-bond donors (Lipinski definition) is 1. The Labute approximate surface area is 114 Å². The number of carbonyl (C=O) groups excluding carboxylic acids is 1. The highest BCUT2D eigenvalue weighted by molar-refractivity contribution is 5.81. The minimum absolute atomic E-state index is 0.00747. The van der Waals surface area contributed by atoms with Gasteiger partial charge >= 0.3 is 0 Å². The SMILES string of the molecule is COc1ccc(C(C)NC(=O)C(C#N)C(C)C)cc1. The number of methoxy groups -OCH3 is 1. The zero-order valence-corrected chi connectivity index (χ0v) is 11.8. The summed E-state index contributed by atoms with van der Waals surface area (Å²) >= 11 is 0. The first kappa shape index (κ1) is 15.0. The van der Waals surface area contributed by atoms with Crippen LogP contribution in [0.25, 0.3) is 0 Å². The minimum atomic E-state index is -0.610. The standard InChI is InChI=1S/C15H20N2O2/c1-10(2)14(9-16)15(18)17-11(3)12-5-7-13(19-4)8-6-12/h5-8,10-11,14H,1-4H3,(H,17,18). The molecule has 0 bridgehead atoms. The van der Waals surface area contributed by atoms with Crippen molar-refractivity contribution in [3.8, 4) is 11.8 Å². The zero-order chi connectivity index (χ0) is 14.4. The molecule has 0 radical (unpaired) electrons. The van der Waals surface area contributed by atoms with Crippen molar-refractivity contribution in [2.24, 2.45) is 11.8 Å². The van der Waals surface area contributed by atoms with Gasteiger partial charge in [0.25, 0.3) is 0 Å². The normalized spacial score (nSPS) is 13.5. The summed E-state index contributed by atoms with van der Waals surface area (Å²) in [5.41, 5.74) is 0.981. The van der Waals surface area contributed by atoms with Gasteiger partial charge in [-0.1, -0.05) is 26.0 Å². The van der Waals surface area contributed by atoms with Crippen LogP contribution in [-0.2, 0) is 4.79 Å². The molecule has 102 valence electrons. The summed E-state index contributed by atoms with van der Waals surface area (Å²) in [5, 5.41) is 11.9. The van der Waals surface area contributed by atoms with Crippen molar-refractivity contribution in [2.75, 3.05) is 7.11 Å². The van der Waals surface area contributed by atoms with Gasteiger partial charge in [0, 0.05) is 0 Å². The monoisotopic (exact) mass is 260 g/mol. The van der Waals surface area contributed by atoms with Gasteiger partial charge in [-0.15, -0.1) is 0 Å². The van der Waals surface area contributed by atoms with E-state index >= 15 is 0 Å². The van der Waals surface area contributed by atoms with Crippen molar-refractivity contribution in [2.45, 2.75) is 26.8 Å². The fourth-order valence-corrected chi connectivity index (χ4v) is 1.79. The number of nitrogens with zero attached hydrogens (tertiary/aromatic N) is 1. The summed E-state index contributed by atoms with van der Waals surface area (Å²) in [5.74, 6) is -0.0473. The minimum Gasteiger partial charge on any atom is -0.497 e. The maximum Gasteiger partial charge on any atom is 0.238 e. The number of nitrogens with one attached hydrogen (secondary N) is 1. The van der Waals surface area contributed by atoms with Gasteiger partial charge in [0.05, 0.1) is 19.2 Å². The molecule has 4 nitrogen and oxygen atoms in total. The molecule has 19 heavy (non-hydrogen) atoms. The van der Waals surface area contributed by atoms with Crippen LogP contribution in [0.4, 0.5) is 0 Å². The third kappa shape index (κ3) is 3.99. The van der Waals surface area contributed by atoms with Crippen LogP contribution < -0.4 is 10.1 Å². The van der Waals surface area contributed by atoms with Crippen LogP contribution in [0.2, 0.25) is 0 Å². The molecule has 0 aliphatic rings. The summed E-state index contributed by atoms with van der Waals surface area (Å²) in [6.45, 7) is 5.63. The van der Waals surface area contributed by atoms with Crippen LogP contribution in [-0.4, -0.2) is 13.0 Å². The lowest BCUT2D eigenvalue weighted by atomic mass is 9.96. The van der Waals surface area contributed by atoms with Crippen LogP contribution in [0.1, 0.15) is 32.4 Å². The molecule has 0 fully saturated rings. The molecule has 0 aromatic heterocycles. The van der Waals surface area contributed by atoms with Crippen LogP contribution >= 0.6 is 0 Å². The molecule has 0 saturated heterocycles. The molecule has 2 atom stereocenters. The van der Waals surface area contributed by atoms with Gasteiger partial charge in [0.1, 0.15) is 11.7 Å². The van der Waals surface area contributed by atoms with E-state index in [0.717, 1.165) is 11.3 Å². The van der Waals surface area contributed by atoms with Crippen molar-refractivity contribution in [1.29, 1.82) is 5.26 Å². The van der Waals surface area contributed by atoms with E-state index in [1.54, 1.807) is 7.11 Å². The number of ether oxygens (including phenoxy) is 1. The summed E-state index contributed by atoms with van der Waals surface area (Å²) in [6.07, 6.45) is 0. The second-order valence-electron chi connectivity index (χ2n) is 4.85. The molecule has 4 heteroatoms. The Morgan fingerprint density at radius 2 is 1.84 bits per heavy atom. The van der Waals surface area contributed by atoms with E-state index in [9.17, 15) is 4.79 Å². The zero-order valence-electron chi connectivity index (χ0n) is 11.8. The van der Waals surface area contributed by atoms with Gasteiger partial charge in [0.2, 0.25) is 5.91 Å². The van der Waals surface area contributed by atoms with Crippen molar-refractivity contribution >= 4 is 5.91 Å². The molecule has 0 saturated carbocycles. The van der Waals surface area contributed by atoms with Gasteiger partial charge in [-0.25, -0.2) is 0 Å². The number of carbonyl (C=O) groups is 1. The Bertz CT molecular complexity index is 460. The van der Waals surface area contributed by atoms with Crippen LogP contribution in [0, 0.1) is 23.2 Å². The molecule has 1 aromatic carbocycles. The second-order valence-corrected chi connectivity index (χ2v) is 4.85. The number of nitriles is 1. The average Bonchev–Trinajstić information content (AvgIpc) is 2.39. The maximum atomic E-state index is 12.0. The molecule has 1 N–H and O–H groups in total. The molecule has 0 heterocycles. The molecule has 1 rings (SSSR count). The molecule has 0 aliphatic heterocycles. The van der Waals surface area contributed by atoms with Gasteiger partial charge in [-0.05, 0) is 30.5 Å². The molecule has 1 amide bonds. The van der Waals surface area contributed by atoms with Crippen molar-refractivity contribution < 1.29 is 9.53 Å². The van der Waals surface area contributed by atoms with E-state index in [0.29, 0.717) is 0 Å². The molecular formula is C15H20N2O2. The van der Waals surface area contributed by atoms with Crippen molar-refractivity contribution in [3.63, 3.8) is 0 Å². The fourth-order valence-electron chi connectivity index (χ4n) is 1.79. The molecule has 0 aliphatic carbocycles. The van der Waals surface area contributed by atoms with Gasteiger partial charge < -0.3 is 10.1 Å². The maximum absolute atomic E-state index is 12.0. The number of rotatable bonds is 5. The first-order chi connectivity index (χ1) is 8.99. The van der Waals surface area contributed by atoms with E-state index in [1.165, 1.54) is 0 Å². The summed E-state index contributed by atoms with van der Waals surface area (Å²) < 4.78 is 5.09. The highest BCUT2D eigenvalue weighted by atomic mass is 16.5. The lowest BCUT2D eigenvalue weighted by Crippen LogP contribution is -2.34. The van der Waals surface area contributed by atoms with Gasteiger partial charge in [0.15, 0.2) is 0 Å². The van der Waals surface area contributed by atoms with Crippen LogP contribution in [0.15, 0.2) is 24.3 Å². The second kappa shape index (κ2) is 6.79. The lowest BCUT2D eigenvalue weighted by molar-refractivity contribution is -0.125. The van der Waals surface area contributed by atoms with Crippen LogP contribution in [0.5, 0.6) is 5.75 Å². The summed E-state index contributed by atoms with van der Waals surface area (Å²) in [7, 11) is 1.61. The van der Waals surface area contributed by atoms with Gasteiger partial charge in [-0.2, -0.15) is 5.26 Å². The quantitative estimate of drug-likeness (QED) is 0.885. The smallest absolute Gasteiger partial charge is 0.238 e. The van der Waals surface area contributed by atoms with Crippen molar-refractivity contribution in [1.82, 2.24) is 5.32 Å². The van der Waals surface area contributed by atoms with E-state index in [4.69, 9.17) is 10.00 Å². The third-order valence-electron chi connectivity index (χ3n) is 3.06. The fraction of sp³-hybridized carbons (Fsp3) is 0.467. The number of amides is 1. The molecular weight excluding hydrogens is 240 g/mol. The predicted molar refractivity (Wildman–Crippen MR) is 73.5 cm³/mol. The molecule has 1 aromatic rings. The Kier molecular flexibility index (Phi) is 5.37. The van der Waals surface area contributed by atoms with E-state index < -0.39 is 5.92 Å².